The average Bonchev–Trinajstić information content (AvgIpc) is 2.88. The molecule has 1 aliphatic carbocycles. The summed E-state index contributed by atoms with van der Waals surface area (Å²) in [6.07, 6.45) is 8.09. The summed E-state index contributed by atoms with van der Waals surface area (Å²) in [6.45, 7) is 10.1. The number of nitrogens with one attached hydrogen (secondary N) is 1. The predicted molar refractivity (Wildman–Crippen MR) is 85.4 cm³/mol. The van der Waals surface area contributed by atoms with E-state index in [1.54, 1.807) is 0 Å². The monoisotopic (exact) mass is 293 g/mol. The van der Waals surface area contributed by atoms with Gasteiger partial charge in [-0.1, -0.05) is 39.3 Å². The Balaban J connectivity index is 1.92. The van der Waals surface area contributed by atoms with Gasteiger partial charge in [0, 0.05) is 18.4 Å². The van der Waals surface area contributed by atoms with Crippen LogP contribution in [0.5, 0.6) is 0 Å². The van der Waals surface area contributed by atoms with Gasteiger partial charge in [-0.25, -0.2) is 0 Å². The van der Waals surface area contributed by atoms with Crippen LogP contribution in [0.3, 0.4) is 0 Å². The third-order valence-electron chi connectivity index (χ3n) is 4.74. The summed E-state index contributed by atoms with van der Waals surface area (Å²) in [5, 5.41) is 7.75. The van der Waals surface area contributed by atoms with E-state index in [-0.39, 0.29) is 0 Å². The van der Waals surface area contributed by atoms with Crippen molar-refractivity contribution in [3.8, 4) is 0 Å². The lowest BCUT2D eigenvalue weighted by Gasteiger charge is -2.32. The largest absolute Gasteiger partial charge is 0.339 e. The van der Waals surface area contributed by atoms with Crippen LogP contribution in [-0.2, 0) is 6.42 Å². The molecule has 120 valence electrons. The van der Waals surface area contributed by atoms with Gasteiger partial charge in [-0.2, -0.15) is 4.98 Å². The molecule has 1 unspecified atom stereocenters. The van der Waals surface area contributed by atoms with Crippen LogP contribution in [0.25, 0.3) is 0 Å². The maximum absolute atomic E-state index is 5.49. The summed E-state index contributed by atoms with van der Waals surface area (Å²) < 4.78 is 5.49. The first kappa shape index (κ1) is 16.5. The number of rotatable bonds is 7. The van der Waals surface area contributed by atoms with Gasteiger partial charge in [0.05, 0.1) is 0 Å². The van der Waals surface area contributed by atoms with Gasteiger partial charge in [0.1, 0.15) is 0 Å². The van der Waals surface area contributed by atoms with Crippen molar-refractivity contribution >= 4 is 0 Å². The van der Waals surface area contributed by atoms with E-state index in [0.29, 0.717) is 17.4 Å². The Labute approximate surface area is 129 Å². The Kier molecular flexibility index (Phi) is 5.80. The van der Waals surface area contributed by atoms with Crippen molar-refractivity contribution in [1.82, 2.24) is 15.5 Å². The molecule has 1 aromatic heterocycles. The molecule has 0 bridgehead atoms. The van der Waals surface area contributed by atoms with Crippen LogP contribution in [0, 0.1) is 5.41 Å². The topological polar surface area (TPSA) is 51.0 Å². The summed E-state index contributed by atoms with van der Waals surface area (Å²) in [6, 6.07) is 0.457. The fourth-order valence-electron chi connectivity index (χ4n) is 3.30. The molecular weight excluding hydrogens is 262 g/mol. The highest BCUT2D eigenvalue weighted by Gasteiger charge is 2.30. The Morgan fingerprint density at radius 3 is 2.62 bits per heavy atom. The zero-order valence-electron chi connectivity index (χ0n) is 14.1. The van der Waals surface area contributed by atoms with Gasteiger partial charge >= 0.3 is 0 Å². The van der Waals surface area contributed by atoms with Crippen LogP contribution in [0.2, 0.25) is 0 Å². The zero-order chi connectivity index (χ0) is 15.3. The van der Waals surface area contributed by atoms with Crippen molar-refractivity contribution in [3.63, 3.8) is 0 Å². The molecule has 0 aromatic carbocycles. The van der Waals surface area contributed by atoms with E-state index in [0.717, 1.165) is 31.1 Å². The number of hydrogen-bond acceptors (Lipinski definition) is 4. The normalized spacial score (nSPS) is 20.6. The molecule has 1 atom stereocenters. The van der Waals surface area contributed by atoms with Crippen molar-refractivity contribution in [2.45, 2.75) is 84.6 Å². The molecule has 1 heterocycles. The molecular formula is C17H31N3O. The molecule has 1 aliphatic rings. The maximum atomic E-state index is 5.49. The minimum atomic E-state index is 0.457. The summed E-state index contributed by atoms with van der Waals surface area (Å²) >= 11 is 0. The highest BCUT2D eigenvalue weighted by molar-refractivity contribution is 4.99. The van der Waals surface area contributed by atoms with Crippen LogP contribution in [0.4, 0.5) is 0 Å². The molecule has 0 amide bonds. The van der Waals surface area contributed by atoms with E-state index in [1.807, 2.05) is 0 Å². The molecule has 1 saturated carbocycles. The van der Waals surface area contributed by atoms with Crippen LogP contribution in [-0.4, -0.2) is 22.7 Å². The Hall–Kier alpha value is -0.900. The molecule has 0 saturated heterocycles. The second kappa shape index (κ2) is 7.39. The Morgan fingerprint density at radius 1 is 1.29 bits per heavy atom. The number of nitrogens with zero attached hydrogens (tertiary/aromatic N) is 2. The number of hydrogen-bond donors (Lipinski definition) is 1. The fraction of sp³-hybridized carbons (Fsp3) is 0.882. The number of likely N-dealkylation sites (N-methyl/N-ethyl adjacent to an activating group) is 1. The lowest BCUT2D eigenvalue weighted by atomic mass is 9.73. The molecule has 21 heavy (non-hydrogen) atoms. The van der Waals surface area contributed by atoms with Crippen LogP contribution in [0.15, 0.2) is 4.52 Å². The lowest BCUT2D eigenvalue weighted by Crippen LogP contribution is -2.30. The standard InChI is InChI=1S/C17H31N3O/c1-5-7-14(18-6-2)12-15-19-16(20-21-15)13-8-10-17(3,4)11-9-13/h13-14,18H,5-12H2,1-4H3. The van der Waals surface area contributed by atoms with Crippen molar-refractivity contribution in [2.24, 2.45) is 5.41 Å². The van der Waals surface area contributed by atoms with E-state index in [9.17, 15) is 0 Å². The van der Waals surface area contributed by atoms with Crippen LogP contribution >= 0.6 is 0 Å². The quantitative estimate of drug-likeness (QED) is 0.823. The first-order valence-corrected chi connectivity index (χ1v) is 8.60. The molecule has 4 nitrogen and oxygen atoms in total. The summed E-state index contributed by atoms with van der Waals surface area (Å²) in [5.74, 6) is 2.24. The van der Waals surface area contributed by atoms with E-state index in [1.165, 1.54) is 32.1 Å². The Morgan fingerprint density at radius 2 is 2.00 bits per heavy atom. The molecule has 2 rings (SSSR count). The van der Waals surface area contributed by atoms with Gasteiger partial charge in [0.2, 0.25) is 5.89 Å². The van der Waals surface area contributed by atoms with Crippen molar-refractivity contribution in [2.75, 3.05) is 6.54 Å². The third kappa shape index (κ3) is 4.80. The lowest BCUT2D eigenvalue weighted by molar-refractivity contribution is 0.218. The van der Waals surface area contributed by atoms with E-state index in [4.69, 9.17) is 4.52 Å². The van der Waals surface area contributed by atoms with Gasteiger partial charge in [-0.3, -0.25) is 0 Å². The zero-order valence-corrected chi connectivity index (χ0v) is 14.1. The molecule has 1 N–H and O–H groups in total. The smallest absolute Gasteiger partial charge is 0.228 e. The van der Waals surface area contributed by atoms with E-state index < -0.39 is 0 Å². The first-order valence-electron chi connectivity index (χ1n) is 8.60. The Bertz CT molecular complexity index is 411. The fourth-order valence-corrected chi connectivity index (χ4v) is 3.30. The second-order valence-electron chi connectivity index (χ2n) is 7.23. The van der Waals surface area contributed by atoms with Crippen molar-refractivity contribution in [3.05, 3.63) is 11.7 Å². The highest BCUT2D eigenvalue weighted by atomic mass is 16.5. The molecule has 1 aromatic rings. The van der Waals surface area contributed by atoms with E-state index >= 15 is 0 Å². The first-order chi connectivity index (χ1) is 10.0. The maximum Gasteiger partial charge on any atom is 0.228 e. The van der Waals surface area contributed by atoms with Crippen LogP contribution < -0.4 is 5.32 Å². The van der Waals surface area contributed by atoms with Gasteiger partial charge in [0.25, 0.3) is 0 Å². The minimum Gasteiger partial charge on any atom is -0.339 e. The molecule has 4 heteroatoms. The predicted octanol–water partition coefficient (Wildman–Crippen LogP) is 4.07. The van der Waals surface area contributed by atoms with Crippen LogP contribution in [0.1, 0.15) is 83.9 Å². The minimum absolute atomic E-state index is 0.457. The summed E-state index contributed by atoms with van der Waals surface area (Å²) in [4.78, 5) is 4.67. The summed E-state index contributed by atoms with van der Waals surface area (Å²) in [5.41, 5.74) is 0.486. The van der Waals surface area contributed by atoms with Gasteiger partial charge < -0.3 is 9.84 Å². The van der Waals surface area contributed by atoms with Gasteiger partial charge in [-0.05, 0) is 44.1 Å². The highest BCUT2D eigenvalue weighted by Crippen LogP contribution is 2.41. The third-order valence-corrected chi connectivity index (χ3v) is 4.74. The van der Waals surface area contributed by atoms with Gasteiger partial charge in [-0.15, -0.1) is 0 Å². The molecule has 0 spiro atoms. The molecule has 0 radical (unpaired) electrons. The van der Waals surface area contributed by atoms with Crippen molar-refractivity contribution in [1.29, 1.82) is 0 Å². The van der Waals surface area contributed by atoms with Crippen molar-refractivity contribution < 1.29 is 4.52 Å². The summed E-state index contributed by atoms with van der Waals surface area (Å²) in [7, 11) is 0. The average molecular weight is 293 g/mol. The van der Waals surface area contributed by atoms with E-state index in [2.05, 4.69) is 43.2 Å². The second-order valence-corrected chi connectivity index (χ2v) is 7.23. The number of aromatic nitrogens is 2. The van der Waals surface area contributed by atoms with Gasteiger partial charge in [0.15, 0.2) is 5.82 Å². The molecule has 0 aliphatic heterocycles. The molecule has 1 fully saturated rings. The SMILES string of the molecule is CCCC(Cc1nc(C2CCC(C)(C)CC2)no1)NCC.